The minimum atomic E-state index is -1.49. The Morgan fingerprint density at radius 2 is 1.56 bits per heavy atom. The van der Waals surface area contributed by atoms with Crippen LogP contribution in [0.15, 0.2) is 0 Å². The zero-order valence-corrected chi connectivity index (χ0v) is 27.7. The molecule has 5 aliphatic rings. The van der Waals surface area contributed by atoms with Gasteiger partial charge in [0.2, 0.25) is 0 Å². The predicted octanol–water partition coefficient (Wildman–Crippen LogP) is 0.683. The molecule has 0 bridgehead atoms. The van der Waals surface area contributed by atoms with Gasteiger partial charge in [-0.1, -0.05) is 41.0 Å². The van der Waals surface area contributed by atoms with Gasteiger partial charge in [-0.15, -0.1) is 0 Å². The van der Waals surface area contributed by atoms with E-state index in [-0.39, 0.29) is 54.5 Å². The van der Waals surface area contributed by atoms with Crippen molar-refractivity contribution >= 4 is 0 Å². The Balaban J connectivity index is 1.26. The van der Waals surface area contributed by atoms with Crippen LogP contribution in [-0.2, 0) is 9.47 Å². The van der Waals surface area contributed by atoms with Crippen LogP contribution in [0.2, 0.25) is 0 Å². The van der Waals surface area contributed by atoms with E-state index in [4.69, 9.17) is 9.47 Å². The maximum atomic E-state index is 12.5. The average molecular weight is 645 g/mol. The van der Waals surface area contributed by atoms with Gasteiger partial charge in [0.1, 0.15) is 24.4 Å². The maximum Gasteiger partial charge on any atom is 0.186 e. The molecule has 5 rings (SSSR count). The summed E-state index contributed by atoms with van der Waals surface area (Å²) < 4.78 is 11.4. The van der Waals surface area contributed by atoms with Crippen LogP contribution in [0.1, 0.15) is 92.4 Å². The molecule has 9 N–H and O–H groups in total. The SMILES string of the molecule is CC(C)C(CCC(C)C1C[C@H](O)C2C1(C)CCC1C3(C)CC[C@H](O)C[C@@]3(O)[C@H](O)C[C@]21O)COC1OC(CO)C(O)C(O)C1O. The molecule has 0 spiro atoms. The Morgan fingerprint density at radius 1 is 0.867 bits per heavy atom. The van der Waals surface area contributed by atoms with Crippen molar-refractivity contribution in [2.75, 3.05) is 13.2 Å². The third-order valence-electron chi connectivity index (χ3n) is 13.9. The van der Waals surface area contributed by atoms with Gasteiger partial charge in [0.25, 0.3) is 0 Å². The van der Waals surface area contributed by atoms with Crippen LogP contribution in [-0.4, -0.2) is 119 Å². The Hall–Kier alpha value is -0.440. The van der Waals surface area contributed by atoms with Crippen LogP contribution in [0.25, 0.3) is 0 Å². The monoisotopic (exact) mass is 644 g/mol. The van der Waals surface area contributed by atoms with Crippen molar-refractivity contribution in [3.05, 3.63) is 0 Å². The summed E-state index contributed by atoms with van der Waals surface area (Å²) in [5, 5.41) is 97.8. The van der Waals surface area contributed by atoms with Gasteiger partial charge in [0, 0.05) is 24.2 Å². The zero-order chi connectivity index (χ0) is 33.3. The standard InChI is InChI=1S/C34H60O11/c1-17(2)19(16-44-30-28(41)27(40)26(39)23(15-35)45-30)7-6-18(3)21-12-22(37)29-31(21,4)10-9-24-32(5)11-8-20(36)13-34(32,43)25(38)14-33(24,29)42/h17-30,35-43H,6-16H2,1-5H3/t18?,19?,20-,21?,22-,23?,24?,25+,26?,27?,28?,29?,30?,31?,32?,33+,34+/m0/s1. The normalized spacial score (nSPS) is 53.0. The van der Waals surface area contributed by atoms with Crippen molar-refractivity contribution in [2.45, 2.75) is 153 Å². The van der Waals surface area contributed by atoms with Gasteiger partial charge in [-0.2, -0.15) is 0 Å². The topological polar surface area (TPSA) is 201 Å². The number of aliphatic hydroxyl groups excluding tert-OH is 7. The lowest BCUT2D eigenvalue weighted by Crippen LogP contribution is -2.75. The largest absolute Gasteiger partial charge is 0.394 e. The first kappa shape index (κ1) is 35.9. The minimum absolute atomic E-state index is 0.0143. The number of hydrogen-bond donors (Lipinski definition) is 9. The van der Waals surface area contributed by atoms with E-state index < -0.39 is 78.2 Å². The highest BCUT2D eigenvalue weighted by atomic mass is 16.7. The summed E-state index contributed by atoms with van der Waals surface area (Å²) in [7, 11) is 0. The van der Waals surface area contributed by atoms with Gasteiger partial charge in [-0.3, -0.25) is 0 Å². The Bertz CT molecular complexity index is 1030. The fourth-order valence-electron chi connectivity index (χ4n) is 11.1. The molecular weight excluding hydrogens is 584 g/mol. The summed E-state index contributed by atoms with van der Waals surface area (Å²) >= 11 is 0. The minimum Gasteiger partial charge on any atom is -0.394 e. The van der Waals surface area contributed by atoms with Crippen LogP contribution in [0, 0.1) is 46.3 Å². The summed E-state index contributed by atoms with van der Waals surface area (Å²) in [5.41, 5.74) is -3.93. The van der Waals surface area contributed by atoms with Gasteiger partial charge >= 0.3 is 0 Å². The first-order chi connectivity index (χ1) is 20.9. The lowest BCUT2D eigenvalue weighted by molar-refractivity contribution is -0.315. The second-order valence-electron chi connectivity index (χ2n) is 16.5. The van der Waals surface area contributed by atoms with Crippen molar-refractivity contribution in [2.24, 2.45) is 46.3 Å². The molecule has 0 radical (unpaired) electrons. The van der Waals surface area contributed by atoms with Crippen LogP contribution >= 0.6 is 0 Å². The highest BCUT2D eigenvalue weighted by Gasteiger charge is 2.74. The highest BCUT2D eigenvalue weighted by Crippen LogP contribution is 2.70. The van der Waals surface area contributed by atoms with Crippen molar-refractivity contribution in [1.82, 2.24) is 0 Å². The van der Waals surface area contributed by atoms with E-state index in [1.807, 2.05) is 6.92 Å². The van der Waals surface area contributed by atoms with Gasteiger partial charge in [0.15, 0.2) is 6.29 Å². The molecule has 11 nitrogen and oxygen atoms in total. The summed E-state index contributed by atoms with van der Waals surface area (Å²) in [5.74, 6) is -0.0303. The number of ether oxygens (including phenoxy) is 2. The smallest absolute Gasteiger partial charge is 0.186 e. The molecule has 0 aromatic carbocycles. The van der Waals surface area contributed by atoms with E-state index in [0.29, 0.717) is 25.7 Å². The molecule has 1 aliphatic heterocycles. The second kappa shape index (κ2) is 12.8. The van der Waals surface area contributed by atoms with E-state index in [2.05, 4.69) is 27.7 Å². The zero-order valence-electron chi connectivity index (χ0n) is 27.7. The molecule has 11 heteroatoms. The Morgan fingerprint density at radius 3 is 2.20 bits per heavy atom. The molecule has 17 atom stereocenters. The van der Waals surface area contributed by atoms with Gasteiger partial charge in [-0.25, -0.2) is 0 Å². The highest BCUT2D eigenvalue weighted by molar-refractivity contribution is 5.24. The van der Waals surface area contributed by atoms with Crippen molar-refractivity contribution in [3.8, 4) is 0 Å². The van der Waals surface area contributed by atoms with Crippen molar-refractivity contribution in [1.29, 1.82) is 0 Å². The van der Waals surface area contributed by atoms with Gasteiger partial charge in [-0.05, 0) is 73.5 Å². The second-order valence-corrected chi connectivity index (χ2v) is 16.5. The van der Waals surface area contributed by atoms with Crippen molar-refractivity contribution < 1.29 is 55.4 Å². The summed E-state index contributed by atoms with van der Waals surface area (Å²) in [6.45, 7) is 10.3. The summed E-state index contributed by atoms with van der Waals surface area (Å²) in [4.78, 5) is 0. The number of hydrogen-bond acceptors (Lipinski definition) is 11. The van der Waals surface area contributed by atoms with Crippen LogP contribution in [0.5, 0.6) is 0 Å². The van der Waals surface area contributed by atoms with E-state index in [0.717, 1.165) is 19.3 Å². The van der Waals surface area contributed by atoms with Crippen LogP contribution in [0.4, 0.5) is 0 Å². The predicted molar refractivity (Wildman–Crippen MR) is 163 cm³/mol. The fraction of sp³-hybridized carbons (Fsp3) is 1.00. The molecule has 12 unspecified atom stereocenters. The summed E-state index contributed by atoms with van der Waals surface area (Å²) in [6, 6.07) is 0. The Kier molecular flexibility index (Phi) is 10.2. The lowest BCUT2D eigenvalue weighted by atomic mass is 9.40. The molecule has 4 saturated carbocycles. The lowest BCUT2D eigenvalue weighted by Gasteiger charge is -2.68. The quantitative estimate of drug-likeness (QED) is 0.171. The number of fused-ring (bicyclic) bond motifs is 5. The van der Waals surface area contributed by atoms with Gasteiger partial charge < -0.3 is 55.4 Å². The molecule has 0 amide bonds. The van der Waals surface area contributed by atoms with E-state index in [1.165, 1.54) is 0 Å². The fourth-order valence-corrected chi connectivity index (χ4v) is 11.1. The average Bonchev–Trinajstić information content (AvgIpc) is 3.25. The first-order valence-corrected chi connectivity index (χ1v) is 17.4. The Labute approximate surface area is 267 Å². The van der Waals surface area contributed by atoms with E-state index in [1.54, 1.807) is 0 Å². The number of aliphatic hydroxyl groups is 9. The maximum absolute atomic E-state index is 12.5. The molecule has 1 saturated heterocycles. The third-order valence-corrected chi connectivity index (χ3v) is 13.9. The van der Waals surface area contributed by atoms with Crippen LogP contribution in [0.3, 0.4) is 0 Å². The van der Waals surface area contributed by atoms with E-state index in [9.17, 15) is 46.0 Å². The molecule has 0 aromatic rings. The van der Waals surface area contributed by atoms with Crippen LogP contribution < -0.4 is 0 Å². The molecule has 45 heavy (non-hydrogen) atoms. The molecule has 0 aromatic heterocycles. The number of rotatable bonds is 9. The molecule has 5 fully saturated rings. The summed E-state index contributed by atoms with van der Waals surface area (Å²) in [6.07, 6.45) is -4.37. The van der Waals surface area contributed by atoms with Gasteiger partial charge in [0.05, 0.1) is 42.7 Å². The van der Waals surface area contributed by atoms with E-state index >= 15 is 0 Å². The molecule has 1 heterocycles. The van der Waals surface area contributed by atoms with Crippen molar-refractivity contribution in [3.63, 3.8) is 0 Å². The molecule has 4 aliphatic carbocycles. The molecular formula is C34H60O11. The first-order valence-electron chi connectivity index (χ1n) is 17.4. The third kappa shape index (κ3) is 5.73. The molecule has 262 valence electrons.